The molecule has 0 saturated heterocycles. The summed E-state index contributed by atoms with van der Waals surface area (Å²) in [5, 5.41) is 2.41. The molecule has 0 aliphatic heterocycles. The van der Waals surface area contributed by atoms with Crippen LogP contribution in [0.15, 0.2) is 79.0 Å². The van der Waals surface area contributed by atoms with Gasteiger partial charge in [0, 0.05) is 12.3 Å². The maximum Gasteiger partial charge on any atom is 0.417 e. The SMILES string of the molecule is O=C(/C=C/c1ccc(OCc2ccccc2)cc1)Nc1ccc(C(F)(F)F)cn1. The van der Waals surface area contributed by atoms with Crippen molar-refractivity contribution in [2.75, 3.05) is 5.32 Å². The number of carbonyl (C=O) groups is 1. The molecule has 0 aliphatic carbocycles. The summed E-state index contributed by atoms with van der Waals surface area (Å²) in [5.41, 5.74) is 0.957. The number of hydrogen-bond acceptors (Lipinski definition) is 3. The van der Waals surface area contributed by atoms with Gasteiger partial charge in [-0.25, -0.2) is 4.98 Å². The molecule has 1 amide bonds. The molecular formula is C22H17F3N2O2. The minimum atomic E-state index is -4.47. The molecule has 3 aromatic rings. The second-order valence-electron chi connectivity index (χ2n) is 6.10. The van der Waals surface area contributed by atoms with E-state index >= 15 is 0 Å². The van der Waals surface area contributed by atoms with Crippen molar-refractivity contribution >= 4 is 17.8 Å². The van der Waals surface area contributed by atoms with Crippen molar-refractivity contribution in [1.29, 1.82) is 0 Å². The van der Waals surface area contributed by atoms with E-state index in [0.29, 0.717) is 18.6 Å². The Labute approximate surface area is 165 Å². The molecule has 0 radical (unpaired) electrons. The molecule has 0 unspecified atom stereocenters. The lowest BCUT2D eigenvalue weighted by Crippen LogP contribution is -2.11. The number of alkyl halides is 3. The van der Waals surface area contributed by atoms with E-state index in [9.17, 15) is 18.0 Å². The lowest BCUT2D eigenvalue weighted by Gasteiger charge is -2.07. The molecule has 4 nitrogen and oxygen atoms in total. The van der Waals surface area contributed by atoms with Crippen LogP contribution < -0.4 is 10.1 Å². The molecule has 3 rings (SSSR count). The van der Waals surface area contributed by atoms with Crippen LogP contribution in [0, 0.1) is 0 Å². The van der Waals surface area contributed by atoms with Crippen LogP contribution in [-0.4, -0.2) is 10.9 Å². The highest BCUT2D eigenvalue weighted by molar-refractivity contribution is 6.01. The largest absolute Gasteiger partial charge is 0.489 e. The Morgan fingerprint density at radius 3 is 2.34 bits per heavy atom. The Bertz CT molecular complexity index is 968. The number of benzene rings is 2. The molecule has 7 heteroatoms. The number of aromatic nitrogens is 1. The maximum absolute atomic E-state index is 12.5. The van der Waals surface area contributed by atoms with Gasteiger partial charge in [0.05, 0.1) is 5.56 Å². The zero-order chi connectivity index (χ0) is 20.7. The number of nitrogens with zero attached hydrogens (tertiary/aromatic N) is 1. The third kappa shape index (κ3) is 6.21. The number of carbonyl (C=O) groups excluding carboxylic acids is 1. The highest BCUT2D eigenvalue weighted by Crippen LogP contribution is 2.28. The first-order valence-electron chi connectivity index (χ1n) is 8.69. The van der Waals surface area contributed by atoms with Crippen molar-refractivity contribution in [2.24, 2.45) is 0 Å². The van der Waals surface area contributed by atoms with Gasteiger partial charge in [0.15, 0.2) is 0 Å². The summed E-state index contributed by atoms with van der Waals surface area (Å²) in [7, 11) is 0. The number of nitrogens with one attached hydrogen (secondary N) is 1. The normalized spacial score (nSPS) is 11.4. The van der Waals surface area contributed by atoms with Crippen molar-refractivity contribution in [3.8, 4) is 5.75 Å². The van der Waals surface area contributed by atoms with E-state index in [0.717, 1.165) is 23.3 Å². The average Bonchev–Trinajstić information content (AvgIpc) is 2.72. The van der Waals surface area contributed by atoms with Gasteiger partial charge >= 0.3 is 6.18 Å². The number of anilines is 1. The van der Waals surface area contributed by atoms with Crippen molar-refractivity contribution in [1.82, 2.24) is 4.98 Å². The fourth-order valence-electron chi connectivity index (χ4n) is 2.39. The van der Waals surface area contributed by atoms with Crippen LogP contribution in [0.4, 0.5) is 19.0 Å². The van der Waals surface area contributed by atoms with E-state index in [-0.39, 0.29) is 5.82 Å². The maximum atomic E-state index is 12.5. The summed E-state index contributed by atoms with van der Waals surface area (Å²) in [4.78, 5) is 15.5. The Morgan fingerprint density at radius 2 is 1.72 bits per heavy atom. The molecule has 0 atom stereocenters. The smallest absolute Gasteiger partial charge is 0.417 e. The standard InChI is InChI=1S/C22H17F3N2O2/c23-22(24,25)18-9-12-20(26-14-18)27-21(28)13-8-16-6-10-19(11-7-16)29-15-17-4-2-1-3-5-17/h1-14H,15H2,(H,26,27,28)/b13-8+. The number of amides is 1. The monoisotopic (exact) mass is 398 g/mol. The number of pyridine rings is 1. The van der Waals surface area contributed by atoms with E-state index in [2.05, 4.69) is 10.3 Å². The van der Waals surface area contributed by atoms with Crippen molar-refractivity contribution in [3.63, 3.8) is 0 Å². The van der Waals surface area contributed by atoms with Gasteiger partial charge in [0.25, 0.3) is 0 Å². The van der Waals surface area contributed by atoms with E-state index in [1.807, 2.05) is 30.3 Å². The first kappa shape index (κ1) is 20.1. The number of hydrogen-bond donors (Lipinski definition) is 1. The minimum absolute atomic E-state index is 0.0392. The van der Waals surface area contributed by atoms with Crippen LogP contribution in [0.3, 0.4) is 0 Å². The zero-order valence-corrected chi connectivity index (χ0v) is 15.2. The number of ether oxygens (including phenoxy) is 1. The molecule has 1 N–H and O–H groups in total. The van der Waals surface area contributed by atoms with Gasteiger partial charge in [-0.05, 0) is 41.5 Å². The fraction of sp³-hybridized carbons (Fsp3) is 0.0909. The highest BCUT2D eigenvalue weighted by atomic mass is 19.4. The van der Waals surface area contributed by atoms with Gasteiger partial charge in [-0.15, -0.1) is 0 Å². The van der Waals surface area contributed by atoms with Crippen LogP contribution in [0.25, 0.3) is 6.08 Å². The van der Waals surface area contributed by atoms with Gasteiger partial charge in [-0.2, -0.15) is 13.2 Å². The fourth-order valence-corrected chi connectivity index (χ4v) is 2.39. The summed E-state index contributed by atoms with van der Waals surface area (Å²) in [6, 6.07) is 18.9. The predicted molar refractivity (Wildman–Crippen MR) is 104 cm³/mol. The number of halogens is 3. The van der Waals surface area contributed by atoms with E-state index in [1.54, 1.807) is 30.3 Å². The summed E-state index contributed by atoms with van der Waals surface area (Å²) >= 11 is 0. The molecule has 1 aromatic heterocycles. The second-order valence-corrected chi connectivity index (χ2v) is 6.10. The summed E-state index contributed by atoms with van der Waals surface area (Å²) in [6.45, 7) is 0.457. The van der Waals surface area contributed by atoms with Gasteiger partial charge in [-0.3, -0.25) is 4.79 Å². The second kappa shape index (κ2) is 9.05. The Hall–Kier alpha value is -3.61. The van der Waals surface area contributed by atoms with Crippen LogP contribution in [0.2, 0.25) is 0 Å². The highest BCUT2D eigenvalue weighted by Gasteiger charge is 2.30. The minimum Gasteiger partial charge on any atom is -0.489 e. The molecule has 2 aromatic carbocycles. The van der Waals surface area contributed by atoms with Crippen molar-refractivity contribution < 1.29 is 22.7 Å². The third-order valence-electron chi connectivity index (χ3n) is 3.90. The van der Waals surface area contributed by atoms with Gasteiger partial charge in [0.1, 0.15) is 18.2 Å². The molecule has 0 fully saturated rings. The van der Waals surface area contributed by atoms with Gasteiger partial charge < -0.3 is 10.1 Å². The Balaban J connectivity index is 1.52. The summed E-state index contributed by atoms with van der Waals surface area (Å²) in [6.07, 6.45) is -0.931. The van der Waals surface area contributed by atoms with Crippen molar-refractivity contribution in [2.45, 2.75) is 12.8 Å². The van der Waals surface area contributed by atoms with E-state index < -0.39 is 17.6 Å². The van der Waals surface area contributed by atoms with E-state index in [4.69, 9.17) is 4.74 Å². The van der Waals surface area contributed by atoms with Crippen molar-refractivity contribution in [3.05, 3.63) is 95.7 Å². The summed E-state index contributed by atoms with van der Waals surface area (Å²) < 4.78 is 43.2. The average molecular weight is 398 g/mol. The quantitative estimate of drug-likeness (QED) is 0.571. The molecule has 0 saturated carbocycles. The molecule has 148 valence electrons. The van der Waals surface area contributed by atoms with Crippen LogP contribution >= 0.6 is 0 Å². The van der Waals surface area contributed by atoms with Crippen LogP contribution in [0.1, 0.15) is 16.7 Å². The lowest BCUT2D eigenvalue weighted by atomic mass is 10.2. The van der Waals surface area contributed by atoms with Gasteiger partial charge in [-0.1, -0.05) is 42.5 Å². The zero-order valence-electron chi connectivity index (χ0n) is 15.2. The topological polar surface area (TPSA) is 51.2 Å². The molecule has 29 heavy (non-hydrogen) atoms. The van der Waals surface area contributed by atoms with Crippen LogP contribution in [0.5, 0.6) is 5.75 Å². The van der Waals surface area contributed by atoms with Crippen LogP contribution in [-0.2, 0) is 17.6 Å². The molecule has 1 heterocycles. The molecule has 0 bridgehead atoms. The number of rotatable bonds is 6. The molecular weight excluding hydrogens is 381 g/mol. The Kier molecular flexibility index (Phi) is 6.29. The predicted octanol–water partition coefficient (Wildman–Crippen LogP) is 5.33. The lowest BCUT2D eigenvalue weighted by molar-refractivity contribution is -0.137. The molecule has 0 aliphatic rings. The van der Waals surface area contributed by atoms with E-state index in [1.165, 1.54) is 6.08 Å². The molecule has 0 spiro atoms. The third-order valence-corrected chi connectivity index (χ3v) is 3.90. The Morgan fingerprint density at radius 1 is 1.00 bits per heavy atom. The summed E-state index contributed by atoms with van der Waals surface area (Å²) in [5.74, 6) is 0.239. The first-order chi connectivity index (χ1) is 13.9. The first-order valence-corrected chi connectivity index (χ1v) is 8.69. The van der Waals surface area contributed by atoms with Gasteiger partial charge in [0.2, 0.25) is 5.91 Å².